The predicted molar refractivity (Wildman–Crippen MR) is 57.7 cm³/mol. The molecule has 15 heavy (non-hydrogen) atoms. The molecule has 0 atom stereocenters. The van der Waals surface area contributed by atoms with Crippen LogP contribution >= 0.6 is 0 Å². The van der Waals surface area contributed by atoms with Gasteiger partial charge in [0.25, 0.3) is 0 Å². The Morgan fingerprint density at radius 2 is 2.20 bits per heavy atom. The molecule has 0 heterocycles. The van der Waals surface area contributed by atoms with Crippen LogP contribution < -0.4 is 4.74 Å². The summed E-state index contributed by atoms with van der Waals surface area (Å²) in [6, 6.07) is 5.46. The van der Waals surface area contributed by atoms with E-state index in [9.17, 15) is 4.79 Å². The molecule has 0 fully saturated rings. The van der Waals surface area contributed by atoms with E-state index < -0.39 is 0 Å². The zero-order chi connectivity index (χ0) is 11.3. The zero-order valence-corrected chi connectivity index (χ0v) is 9.12. The van der Waals surface area contributed by atoms with Gasteiger partial charge in [-0.2, -0.15) is 0 Å². The van der Waals surface area contributed by atoms with E-state index in [2.05, 4.69) is 6.92 Å². The third-order valence-electron chi connectivity index (χ3n) is 2.09. The number of hydrogen-bond acceptors (Lipinski definition) is 3. The molecule has 1 aromatic carbocycles. The molecule has 0 radical (unpaired) electrons. The van der Waals surface area contributed by atoms with Crippen LogP contribution in [0.3, 0.4) is 0 Å². The Hall–Kier alpha value is -1.35. The first-order valence-corrected chi connectivity index (χ1v) is 5.08. The zero-order valence-electron chi connectivity index (χ0n) is 9.12. The maximum Gasteiger partial charge on any atom is 0.308 e. The van der Waals surface area contributed by atoms with Crippen molar-refractivity contribution in [1.29, 1.82) is 0 Å². The summed E-state index contributed by atoms with van der Waals surface area (Å²) in [4.78, 5) is 10.9. The summed E-state index contributed by atoms with van der Waals surface area (Å²) < 4.78 is 5.09. The molecule has 0 saturated heterocycles. The molecule has 82 valence electrons. The summed E-state index contributed by atoms with van der Waals surface area (Å²) in [7, 11) is 0. The Bertz CT molecular complexity index is 345. The van der Waals surface area contributed by atoms with Crippen LogP contribution in [0.4, 0.5) is 0 Å². The predicted octanol–water partition coefficient (Wildman–Crippen LogP) is 2.06. The summed E-state index contributed by atoms with van der Waals surface area (Å²) in [5.41, 5.74) is 1.76. The number of aliphatic hydroxyl groups excluding tert-OH is 1. The Kier molecular flexibility index (Phi) is 4.31. The number of ether oxygens (including phenoxy) is 1. The van der Waals surface area contributed by atoms with E-state index >= 15 is 0 Å². The van der Waals surface area contributed by atoms with Crippen molar-refractivity contribution in [1.82, 2.24) is 0 Å². The molecule has 0 aliphatic carbocycles. The summed E-state index contributed by atoms with van der Waals surface area (Å²) in [6.45, 7) is 3.40. The van der Waals surface area contributed by atoms with E-state index in [0.29, 0.717) is 5.75 Å². The minimum absolute atomic E-state index is 0.0410. The lowest BCUT2D eigenvalue weighted by molar-refractivity contribution is -0.131. The summed E-state index contributed by atoms with van der Waals surface area (Å²) in [5, 5.41) is 8.98. The van der Waals surface area contributed by atoms with E-state index in [1.54, 1.807) is 6.07 Å². The van der Waals surface area contributed by atoms with E-state index in [-0.39, 0.29) is 12.6 Å². The molecule has 1 aromatic rings. The number of esters is 1. The monoisotopic (exact) mass is 208 g/mol. The smallest absolute Gasteiger partial charge is 0.308 e. The molecule has 0 aromatic heterocycles. The highest BCUT2D eigenvalue weighted by molar-refractivity contribution is 5.69. The highest BCUT2D eigenvalue weighted by Crippen LogP contribution is 2.22. The third-order valence-corrected chi connectivity index (χ3v) is 2.09. The van der Waals surface area contributed by atoms with Crippen molar-refractivity contribution in [3.05, 3.63) is 29.3 Å². The molecule has 0 unspecified atom stereocenters. The molecule has 0 saturated carbocycles. The molecule has 3 heteroatoms. The molecule has 0 amide bonds. The van der Waals surface area contributed by atoms with Crippen molar-refractivity contribution < 1.29 is 14.6 Å². The van der Waals surface area contributed by atoms with E-state index in [1.807, 2.05) is 12.1 Å². The average Bonchev–Trinajstić information content (AvgIpc) is 2.20. The van der Waals surface area contributed by atoms with Gasteiger partial charge in [0.05, 0.1) is 6.61 Å². The SMILES string of the molecule is CCCc1ccc(CO)cc1OC(C)=O. The molecule has 1 N–H and O–H groups in total. The third kappa shape index (κ3) is 3.36. The number of carbonyl (C=O) groups excluding carboxylic acids is 1. The van der Waals surface area contributed by atoms with Gasteiger partial charge in [-0.25, -0.2) is 0 Å². The first-order valence-electron chi connectivity index (χ1n) is 5.08. The Morgan fingerprint density at radius 3 is 2.73 bits per heavy atom. The highest BCUT2D eigenvalue weighted by Gasteiger charge is 2.06. The van der Waals surface area contributed by atoms with Crippen molar-refractivity contribution in [2.45, 2.75) is 33.3 Å². The molecule has 0 spiro atoms. The largest absolute Gasteiger partial charge is 0.426 e. The topological polar surface area (TPSA) is 46.5 Å². The fourth-order valence-electron chi connectivity index (χ4n) is 1.42. The number of aryl methyl sites for hydroxylation is 1. The van der Waals surface area contributed by atoms with Crippen LogP contribution in [0, 0.1) is 0 Å². The van der Waals surface area contributed by atoms with Crippen LogP contribution in [0.2, 0.25) is 0 Å². The van der Waals surface area contributed by atoms with Crippen LogP contribution in [0.5, 0.6) is 5.75 Å². The van der Waals surface area contributed by atoms with Crippen LogP contribution in [-0.2, 0) is 17.8 Å². The maximum absolute atomic E-state index is 10.9. The lowest BCUT2D eigenvalue weighted by Crippen LogP contribution is -2.04. The summed E-state index contributed by atoms with van der Waals surface area (Å²) in [5.74, 6) is 0.235. The molecular formula is C12H16O3. The molecule has 3 nitrogen and oxygen atoms in total. The van der Waals surface area contributed by atoms with Crippen LogP contribution in [0.25, 0.3) is 0 Å². The van der Waals surface area contributed by atoms with Gasteiger partial charge in [-0.1, -0.05) is 25.5 Å². The minimum Gasteiger partial charge on any atom is -0.426 e. The van der Waals surface area contributed by atoms with Crippen molar-refractivity contribution in [2.24, 2.45) is 0 Å². The van der Waals surface area contributed by atoms with Crippen molar-refractivity contribution >= 4 is 5.97 Å². The fourth-order valence-corrected chi connectivity index (χ4v) is 1.42. The summed E-state index contributed by atoms with van der Waals surface area (Å²) >= 11 is 0. The van der Waals surface area contributed by atoms with Gasteiger partial charge in [-0.05, 0) is 23.6 Å². The van der Waals surface area contributed by atoms with E-state index in [1.165, 1.54) is 6.92 Å². The van der Waals surface area contributed by atoms with Gasteiger partial charge in [0, 0.05) is 6.92 Å². The second kappa shape index (κ2) is 5.51. The fraction of sp³-hybridized carbons (Fsp3) is 0.417. The van der Waals surface area contributed by atoms with Gasteiger partial charge < -0.3 is 9.84 Å². The van der Waals surface area contributed by atoms with Gasteiger partial charge in [-0.3, -0.25) is 4.79 Å². The second-order valence-corrected chi connectivity index (χ2v) is 3.44. The van der Waals surface area contributed by atoms with Crippen molar-refractivity contribution in [2.75, 3.05) is 0 Å². The van der Waals surface area contributed by atoms with Gasteiger partial charge in [0.1, 0.15) is 5.75 Å². The van der Waals surface area contributed by atoms with Gasteiger partial charge in [0.2, 0.25) is 0 Å². The Labute approximate surface area is 89.7 Å². The minimum atomic E-state index is -0.331. The van der Waals surface area contributed by atoms with E-state index in [4.69, 9.17) is 9.84 Å². The number of aliphatic hydroxyl groups is 1. The van der Waals surface area contributed by atoms with Crippen LogP contribution in [0.15, 0.2) is 18.2 Å². The van der Waals surface area contributed by atoms with Gasteiger partial charge >= 0.3 is 5.97 Å². The first-order chi connectivity index (χ1) is 7.17. The number of benzene rings is 1. The van der Waals surface area contributed by atoms with Gasteiger partial charge in [0.15, 0.2) is 0 Å². The standard InChI is InChI=1S/C12H16O3/c1-3-4-11-6-5-10(8-13)7-12(11)15-9(2)14/h5-7,13H,3-4,8H2,1-2H3. The lowest BCUT2D eigenvalue weighted by atomic mass is 10.1. The Morgan fingerprint density at radius 1 is 1.47 bits per heavy atom. The molecule has 0 aliphatic heterocycles. The average molecular weight is 208 g/mol. The van der Waals surface area contributed by atoms with E-state index in [0.717, 1.165) is 24.0 Å². The van der Waals surface area contributed by atoms with Crippen molar-refractivity contribution in [3.8, 4) is 5.75 Å². The van der Waals surface area contributed by atoms with Crippen LogP contribution in [-0.4, -0.2) is 11.1 Å². The normalized spacial score (nSPS) is 10.1. The summed E-state index contributed by atoms with van der Waals surface area (Å²) in [6.07, 6.45) is 1.86. The first kappa shape index (κ1) is 11.7. The highest BCUT2D eigenvalue weighted by atomic mass is 16.5. The number of rotatable bonds is 4. The van der Waals surface area contributed by atoms with Gasteiger partial charge in [-0.15, -0.1) is 0 Å². The Balaban J connectivity index is 2.98. The molecular weight excluding hydrogens is 192 g/mol. The maximum atomic E-state index is 10.9. The quantitative estimate of drug-likeness (QED) is 0.608. The molecule has 0 bridgehead atoms. The molecule has 0 aliphatic rings. The number of carbonyl (C=O) groups is 1. The second-order valence-electron chi connectivity index (χ2n) is 3.44. The lowest BCUT2D eigenvalue weighted by Gasteiger charge is -2.09. The number of hydrogen-bond donors (Lipinski definition) is 1. The molecule has 1 rings (SSSR count). The van der Waals surface area contributed by atoms with Crippen LogP contribution in [0.1, 0.15) is 31.4 Å². The van der Waals surface area contributed by atoms with Crippen molar-refractivity contribution in [3.63, 3.8) is 0 Å².